The van der Waals surface area contributed by atoms with Gasteiger partial charge in [0.15, 0.2) is 0 Å². The molecule has 0 bridgehead atoms. The molecule has 0 N–H and O–H groups in total. The maximum absolute atomic E-state index is 13.3. The van der Waals surface area contributed by atoms with Crippen LogP contribution < -0.4 is 0 Å². The predicted molar refractivity (Wildman–Crippen MR) is 109 cm³/mol. The minimum Gasteiger partial charge on any atom is -0.461 e. The molecular formula is C21H19ClF3NO3S. The van der Waals surface area contributed by atoms with Crippen molar-refractivity contribution in [1.82, 2.24) is 4.90 Å². The molecule has 1 amide bonds. The fourth-order valence-electron chi connectivity index (χ4n) is 3.14. The second-order valence-electron chi connectivity index (χ2n) is 7.00. The minimum absolute atomic E-state index is 0.160. The van der Waals surface area contributed by atoms with E-state index in [9.17, 15) is 22.8 Å². The summed E-state index contributed by atoms with van der Waals surface area (Å²) in [6, 6.07) is 10.1. The second-order valence-corrected chi connectivity index (χ2v) is 8.52. The van der Waals surface area contributed by atoms with Gasteiger partial charge in [-0.3, -0.25) is 4.79 Å². The summed E-state index contributed by atoms with van der Waals surface area (Å²) in [4.78, 5) is 27.2. The molecule has 1 aliphatic heterocycles. The highest BCUT2D eigenvalue weighted by Gasteiger charge is 2.44. The molecule has 1 heterocycles. The summed E-state index contributed by atoms with van der Waals surface area (Å²) in [6.45, 7) is 3.37. The molecule has 1 saturated heterocycles. The number of alkyl halides is 3. The highest BCUT2D eigenvalue weighted by molar-refractivity contribution is 7.99. The zero-order chi connectivity index (χ0) is 22.1. The number of benzene rings is 2. The van der Waals surface area contributed by atoms with Crippen molar-refractivity contribution in [2.75, 3.05) is 5.75 Å². The predicted octanol–water partition coefficient (Wildman–Crippen LogP) is 5.57. The van der Waals surface area contributed by atoms with Crippen molar-refractivity contribution in [2.24, 2.45) is 0 Å². The van der Waals surface area contributed by atoms with Crippen LogP contribution in [0.15, 0.2) is 48.5 Å². The Kier molecular flexibility index (Phi) is 6.67. The average Bonchev–Trinajstić information content (AvgIpc) is 3.11. The second kappa shape index (κ2) is 8.89. The third kappa shape index (κ3) is 4.75. The van der Waals surface area contributed by atoms with Crippen LogP contribution in [0.5, 0.6) is 0 Å². The number of amides is 1. The highest BCUT2D eigenvalue weighted by Crippen LogP contribution is 2.45. The van der Waals surface area contributed by atoms with Gasteiger partial charge < -0.3 is 9.64 Å². The number of carbonyl (C=O) groups is 2. The molecule has 0 aliphatic carbocycles. The van der Waals surface area contributed by atoms with Gasteiger partial charge in [-0.2, -0.15) is 13.2 Å². The molecule has 2 unspecified atom stereocenters. The van der Waals surface area contributed by atoms with Crippen LogP contribution in [-0.4, -0.2) is 34.7 Å². The third-order valence-electron chi connectivity index (χ3n) is 4.47. The molecule has 160 valence electrons. The summed E-state index contributed by atoms with van der Waals surface area (Å²) >= 11 is 7.61. The quantitative estimate of drug-likeness (QED) is 0.563. The molecule has 2 aromatic rings. The van der Waals surface area contributed by atoms with E-state index in [0.717, 1.165) is 12.1 Å². The lowest BCUT2D eigenvalue weighted by Gasteiger charge is -2.29. The standard InChI is InChI=1S/C21H19ClF3NO3S/c1-12(2)29-20(28)17-11-30-19(15-8-3-4-9-16(15)22)26(17)18(27)13-6-5-7-14(10-13)21(23,24)25/h3-10,12,17,19H,11H2,1-2H3. The van der Waals surface area contributed by atoms with E-state index in [1.807, 2.05) is 0 Å². The van der Waals surface area contributed by atoms with Crippen molar-refractivity contribution >= 4 is 35.2 Å². The minimum atomic E-state index is -4.59. The van der Waals surface area contributed by atoms with Gasteiger partial charge in [0.2, 0.25) is 0 Å². The molecule has 1 aliphatic rings. The van der Waals surface area contributed by atoms with Crippen LogP contribution in [0.1, 0.15) is 40.7 Å². The lowest BCUT2D eigenvalue weighted by Crippen LogP contribution is -2.44. The Morgan fingerprint density at radius 3 is 2.50 bits per heavy atom. The van der Waals surface area contributed by atoms with Gasteiger partial charge in [-0.15, -0.1) is 11.8 Å². The van der Waals surface area contributed by atoms with Gasteiger partial charge in [-0.05, 0) is 38.1 Å². The van der Waals surface area contributed by atoms with Crippen molar-refractivity contribution < 1.29 is 27.5 Å². The number of carbonyl (C=O) groups excluding carboxylic acids is 2. The largest absolute Gasteiger partial charge is 0.461 e. The Labute approximate surface area is 181 Å². The van der Waals surface area contributed by atoms with Crippen molar-refractivity contribution in [3.8, 4) is 0 Å². The first-order chi connectivity index (χ1) is 14.1. The summed E-state index contributed by atoms with van der Waals surface area (Å²) in [5.41, 5.74) is -0.494. The van der Waals surface area contributed by atoms with Gasteiger partial charge in [0.05, 0.1) is 11.7 Å². The fraction of sp³-hybridized carbons (Fsp3) is 0.333. The van der Waals surface area contributed by atoms with E-state index in [2.05, 4.69) is 0 Å². The summed E-state index contributed by atoms with van der Waals surface area (Å²) in [5.74, 6) is -1.05. The van der Waals surface area contributed by atoms with Crippen molar-refractivity contribution in [2.45, 2.75) is 37.5 Å². The van der Waals surface area contributed by atoms with Crippen LogP contribution in [0.2, 0.25) is 5.02 Å². The first-order valence-electron chi connectivity index (χ1n) is 9.16. The van der Waals surface area contributed by atoms with Crippen LogP contribution in [0.3, 0.4) is 0 Å². The van der Waals surface area contributed by atoms with Crippen molar-refractivity contribution in [3.63, 3.8) is 0 Å². The number of hydrogen-bond acceptors (Lipinski definition) is 4. The zero-order valence-electron chi connectivity index (χ0n) is 16.2. The Morgan fingerprint density at radius 2 is 1.87 bits per heavy atom. The first kappa shape index (κ1) is 22.5. The van der Waals surface area contributed by atoms with Crippen molar-refractivity contribution in [1.29, 1.82) is 0 Å². The Hall–Kier alpha value is -2.19. The van der Waals surface area contributed by atoms with Crippen LogP contribution in [0.25, 0.3) is 0 Å². The number of rotatable bonds is 4. The molecule has 30 heavy (non-hydrogen) atoms. The molecule has 0 spiro atoms. The van der Waals surface area contributed by atoms with E-state index in [4.69, 9.17) is 16.3 Å². The van der Waals surface area contributed by atoms with Gasteiger partial charge in [-0.1, -0.05) is 35.9 Å². The normalized spacial score (nSPS) is 19.2. The lowest BCUT2D eigenvalue weighted by atomic mass is 10.1. The Bertz CT molecular complexity index is 951. The molecule has 0 saturated carbocycles. The number of nitrogens with zero attached hydrogens (tertiary/aromatic N) is 1. The Balaban J connectivity index is 2.02. The molecule has 2 aromatic carbocycles. The third-order valence-corrected chi connectivity index (χ3v) is 6.12. The molecule has 9 heteroatoms. The molecule has 4 nitrogen and oxygen atoms in total. The average molecular weight is 458 g/mol. The van der Waals surface area contributed by atoms with Crippen LogP contribution in [-0.2, 0) is 15.7 Å². The summed E-state index contributed by atoms with van der Waals surface area (Å²) in [5, 5.41) is -0.236. The van der Waals surface area contributed by atoms with E-state index in [1.165, 1.54) is 28.8 Å². The van der Waals surface area contributed by atoms with Gasteiger partial charge in [-0.25, -0.2) is 4.79 Å². The summed E-state index contributed by atoms with van der Waals surface area (Å²) < 4.78 is 44.7. The topological polar surface area (TPSA) is 46.6 Å². The molecular weight excluding hydrogens is 439 g/mol. The smallest absolute Gasteiger partial charge is 0.416 e. The van der Waals surface area contributed by atoms with E-state index in [0.29, 0.717) is 10.6 Å². The Morgan fingerprint density at radius 1 is 1.17 bits per heavy atom. The van der Waals surface area contributed by atoms with Crippen LogP contribution in [0.4, 0.5) is 13.2 Å². The number of hydrogen-bond donors (Lipinski definition) is 0. The number of ether oxygens (including phenoxy) is 1. The first-order valence-corrected chi connectivity index (χ1v) is 10.6. The van der Waals surface area contributed by atoms with E-state index in [-0.39, 0.29) is 11.3 Å². The maximum Gasteiger partial charge on any atom is 0.416 e. The van der Waals surface area contributed by atoms with E-state index in [1.54, 1.807) is 38.1 Å². The maximum atomic E-state index is 13.3. The highest BCUT2D eigenvalue weighted by atomic mass is 35.5. The lowest BCUT2D eigenvalue weighted by molar-refractivity contribution is -0.152. The molecule has 3 rings (SSSR count). The SMILES string of the molecule is CC(C)OC(=O)C1CSC(c2ccccc2Cl)N1C(=O)c1cccc(C(F)(F)F)c1. The van der Waals surface area contributed by atoms with E-state index >= 15 is 0 Å². The van der Waals surface area contributed by atoms with Gasteiger partial charge in [0.1, 0.15) is 11.4 Å². The molecule has 0 radical (unpaired) electrons. The molecule has 2 atom stereocenters. The zero-order valence-corrected chi connectivity index (χ0v) is 17.7. The number of halogens is 4. The molecule has 1 fully saturated rings. The van der Waals surface area contributed by atoms with Gasteiger partial charge >= 0.3 is 12.1 Å². The van der Waals surface area contributed by atoms with Crippen LogP contribution in [0, 0.1) is 0 Å². The number of thioether (sulfide) groups is 1. The fourth-order valence-corrected chi connectivity index (χ4v) is 4.89. The van der Waals surface area contributed by atoms with E-state index < -0.39 is 41.1 Å². The van der Waals surface area contributed by atoms with Gasteiger partial charge in [0.25, 0.3) is 5.91 Å². The summed E-state index contributed by atoms with van der Waals surface area (Å²) in [7, 11) is 0. The summed E-state index contributed by atoms with van der Waals surface area (Å²) in [6.07, 6.45) is -4.99. The monoisotopic (exact) mass is 457 g/mol. The van der Waals surface area contributed by atoms with Crippen LogP contribution >= 0.6 is 23.4 Å². The molecule has 0 aromatic heterocycles. The number of esters is 1. The van der Waals surface area contributed by atoms with Crippen molar-refractivity contribution in [3.05, 3.63) is 70.2 Å². The van der Waals surface area contributed by atoms with Gasteiger partial charge in [0, 0.05) is 21.9 Å².